The lowest BCUT2D eigenvalue weighted by atomic mass is 9.79. The molecular formula is C15H33NO. The van der Waals surface area contributed by atoms with Crippen LogP contribution in [0.5, 0.6) is 0 Å². The quantitative estimate of drug-likeness (QED) is 0.608. The van der Waals surface area contributed by atoms with Crippen molar-refractivity contribution in [1.82, 2.24) is 4.90 Å². The summed E-state index contributed by atoms with van der Waals surface area (Å²) in [4.78, 5) is 2.52. The minimum absolute atomic E-state index is 0.321. The third kappa shape index (κ3) is 5.39. The van der Waals surface area contributed by atoms with Gasteiger partial charge in [0.2, 0.25) is 0 Å². The van der Waals surface area contributed by atoms with Crippen LogP contribution in [0.25, 0.3) is 0 Å². The van der Waals surface area contributed by atoms with Crippen LogP contribution in [0.3, 0.4) is 0 Å². The smallest absolute Gasteiger partial charge is 0.0623 e. The molecule has 0 saturated carbocycles. The number of nitrogens with zero attached hydrogens (tertiary/aromatic N) is 1. The first-order valence-corrected chi connectivity index (χ1v) is 7.11. The molecule has 17 heavy (non-hydrogen) atoms. The monoisotopic (exact) mass is 243 g/mol. The summed E-state index contributed by atoms with van der Waals surface area (Å²) in [5.74, 6) is 0. The van der Waals surface area contributed by atoms with E-state index in [1.807, 2.05) is 7.11 Å². The highest BCUT2D eigenvalue weighted by molar-refractivity contribution is 4.86. The van der Waals surface area contributed by atoms with E-state index < -0.39 is 0 Å². The summed E-state index contributed by atoms with van der Waals surface area (Å²) in [6.07, 6.45) is 5.01. The van der Waals surface area contributed by atoms with Gasteiger partial charge < -0.3 is 4.74 Å². The predicted octanol–water partition coefficient (Wildman–Crippen LogP) is 3.95. The van der Waals surface area contributed by atoms with Crippen molar-refractivity contribution in [2.75, 3.05) is 20.8 Å². The van der Waals surface area contributed by atoms with Crippen LogP contribution in [0.15, 0.2) is 0 Å². The SMILES string of the molecule is CCCC(C)N(C)C(COC)C(C)(C)CCC. The number of hydrogen-bond donors (Lipinski definition) is 0. The highest BCUT2D eigenvalue weighted by atomic mass is 16.5. The molecule has 0 spiro atoms. The Bertz CT molecular complexity index is 191. The zero-order chi connectivity index (χ0) is 13.5. The molecule has 0 aliphatic rings. The summed E-state index contributed by atoms with van der Waals surface area (Å²) in [6, 6.07) is 1.14. The van der Waals surface area contributed by atoms with Gasteiger partial charge in [-0.05, 0) is 32.2 Å². The molecule has 0 bridgehead atoms. The van der Waals surface area contributed by atoms with Gasteiger partial charge in [0.1, 0.15) is 0 Å². The van der Waals surface area contributed by atoms with E-state index in [2.05, 4.69) is 46.6 Å². The highest BCUT2D eigenvalue weighted by Gasteiger charge is 2.33. The Balaban J connectivity index is 4.70. The summed E-state index contributed by atoms with van der Waals surface area (Å²) in [5.41, 5.74) is 0.321. The van der Waals surface area contributed by atoms with Gasteiger partial charge in [-0.15, -0.1) is 0 Å². The van der Waals surface area contributed by atoms with Crippen LogP contribution in [0.4, 0.5) is 0 Å². The van der Waals surface area contributed by atoms with Crippen LogP contribution in [-0.4, -0.2) is 37.7 Å². The average molecular weight is 243 g/mol. The molecule has 2 atom stereocenters. The molecule has 0 aromatic heterocycles. The molecule has 0 aliphatic carbocycles. The first-order chi connectivity index (χ1) is 7.90. The van der Waals surface area contributed by atoms with Crippen LogP contribution >= 0.6 is 0 Å². The Morgan fingerprint density at radius 1 is 1.18 bits per heavy atom. The molecule has 0 amide bonds. The van der Waals surface area contributed by atoms with Crippen molar-refractivity contribution < 1.29 is 4.74 Å². The Hall–Kier alpha value is -0.0800. The molecule has 104 valence electrons. The summed E-state index contributed by atoms with van der Waals surface area (Å²) in [6.45, 7) is 12.4. The van der Waals surface area contributed by atoms with Gasteiger partial charge in [-0.1, -0.05) is 40.5 Å². The second-order valence-electron chi connectivity index (χ2n) is 6.01. The van der Waals surface area contributed by atoms with E-state index in [1.165, 1.54) is 25.7 Å². The van der Waals surface area contributed by atoms with Gasteiger partial charge in [0.05, 0.1) is 6.61 Å². The van der Waals surface area contributed by atoms with Gasteiger partial charge in [-0.25, -0.2) is 0 Å². The first kappa shape index (κ1) is 16.9. The van der Waals surface area contributed by atoms with Gasteiger partial charge >= 0.3 is 0 Å². The summed E-state index contributed by atoms with van der Waals surface area (Å²) in [5, 5.41) is 0. The van der Waals surface area contributed by atoms with Crippen molar-refractivity contribution >= 4 is 0 Å². The Morgan fingerprint density at radius 2 is 1.76 bits per heavy atom. The molecule has 0 radical (unpaired) electrons. The number of rotatable bonds is 9. The van der Waals surface area contributed by atoms with Crippen LogP contribution in [0, 0.1) is 5.41 Å². The molecule has 0 aromatic carbocycles. The van der Waals surface area contributed by atoms with Crippen LogP contribution in [0.1, 0.15) is 60.3 Å². The zero-order valence-electron chi connectivity index (χ0n) is 13.0. The van der Waals surface area contributed by atoms with Gasteiger partial charge in [-0.2, -0.15) is 0 Å². The molecule has 0 rings (SSSR count). The third-order valence-electron chi connectivity index (χ3n) is 4.01. The fraction of sp³-hybridized carbons (Fsp3) is 1.00. The lowest BCUT2D eigenvalue weighted by Crippen LogP contribution is -2.49. The third-order valence-corrected chi connectivity index (χ3v) is 4.01. The number of ether oxygens (including phenoxy) is 1. The van der Waals surface area contributed by atoms with Crippen molar-refractivity contribution in [3.63, 3.8) is 0 Å². The van der Waals surface area contributed by atoms with Crippen molar-refractivity contribution in [1.29, 1.82) is 0 Å². The highest BCUT2D eigenvalue weighted by Crippen LogP contribution is 2.31. The van der Waals surface area contributed by atoms with E-state index >= 15 is 0 Å². The maximum absolute atomic E-state index is 5.44. The number of methoxy groups -OCH3 is 1. The summed E-state index contributed by atoms with van der Waals surface area (Å²) < 4.78 is 5.44. The standard InChI is InChI=1S/C15H33NO/c1-8-10-13(3)16(6)14(12-17-7)15(4,5)11-9-2/h13-14H,8-12H2,1-7H3. The normalized spacial score (nSPS) is 16.2. The van der Waals surface area contributed by atoms with Crippen molar-refractivity contribution in [3.8, 4) is 0 Å². The lowest BCUT2D eigenvalue weighted by Gasteiger charge is -2.43. The van der Waals surface area contributed by atoms with E-state index in [-0.39, 0.29) is 0 Å². The second-order valence-corrected chi connectivity index (χ2v) is 6.01. The Labute approximate surface area is 109 Å². The van der Waals surface area contributed by atoms with Gasteiger partial charge in [-0.3, -0.25) is 4.90 Å². The van der Waals surface area contributed by atoms with Gasteiger partial charge in [0, 0.05) is 19.2 Å². The molecular weight excluding hydrogens is 210 g/mol. The van der Waals surface area contributed by atoms with Crippen molar-refractivity contribution in [2.24, 2.45) is 5.41 Å². The Morgan fingerprint density at radius 3 is 2.18 bits per heavy atom. The summed E-state index contributed by atoms with van der Waals surface area (Å²) in [7, 11) is 4.06. The van der Waals surface area contributed by atoms with Crippen LogP contribution in [0.2, 0.25) is 0 Å². The number of likely N-dealkylation sites (N-methyl/N-ethyl adjacent to an activating group) is 1. The molecule has 2 unspecified atom stereocenters. The second kappa shape index (κ2) is 8.10. The molecule has 0 N–H and O–H groups in total. The van der Waals surface area contributed by atoms with Gasteiger partial charge in [0.15, 0.2) is 0 Å². The molecule has 0 aliphatic heterocycles. The van der Waals surface area contributed by atoms with Crippen molar-refractivity contribution in [2.45, 2.75) is 72.4 Å². The van der Waals surface area contributed by atoms with Crippen molar-refractivity contribution in [3.05, 3.63) is 0 Å². The van der Waals surface area contributed by atoms with E-state index in [0.717, 1.165) is 6.61 Å². The number of hydrogen-bond acceptors (Lipinski definition) is 2. The molecule has 0 aromatic rings. The van der Waals surface area contributed by atoms with Gasteiger partial charge in [0.25, 0.3) is 0 Å². The van der Waals surface area contributed by atoms with Crippen LogP contribution < -0.4 is 0 Å². The topological polar surface area (TPSA) is 12.5 Å². The van der Waals surface area contributed by atoms with Crippen LogP contribution in [-0.2, 0) is 4.74 Å². The zero-order valence-corrected chi connectivity index (χ0v) is 13.0. The molecule has 0 saturated heterocycles. The predicted molar refractivity (Wildman–Crippen MR) is 76.5 cm³/mol. The van der Waals surface area contributed by atoms with E-state index in [1.54, 1.807) is 0 Å². The lowest BCUT2D eigenvalue weighted by molar-refractivity contribution is 0.00975. The molecule has 0 fully saturated rings. The largest absolute Gasteiger partial charge is 0.383 e. The van der Waals surface area contributed by atoms with E-state index in [0.29, 0.717) is 17.5 Å². The summed E-state index contributed by atoms with van der Waals surface area (Å²) >= 11 is 0. The van der Waals surface area contributed by atoms with E-state index in [9.17, 15) is 0 Å². The Kier molecular flexibility index (Phi) is 8.06. The fourth-order valence-corrected chi connectivity index (χ4v) is 2.79. The maximum Gasteiger partial charge on any atom is 0.0623 e. The first-order valence-electron chi connectivity index (χ1n) is 7.11. The minimum atomic E-state index is 0.321. The fourth-order valence-electron chi connectivity index (χ4n) is 2.79. The average Bonchev–Trinajstić information content (AvgIpc) is 2.25. The maximum atomic E-state index is 5.44. The molecule has 0 heterocycles. The minimum Gasteiger partial charge on any atom is -0.383 e. The molecule has 2 nitrogen and oxygen atoms in total. The van der Waals surface area contributed by atoms with E-state index in [4.69, 9.17) is 4.74 Å². The molecule has 2 heteroatoms.